The highest BCUT2D eigenvalue weighted by Gasteiger charge is 2.24. The van der Waals surface area contributed by atoms with E-state index in [9.17, 15) is 9.90 Å². The molecule has 7 heteroatoms. The molecule has 0 spiro atoms. The first-order valence-electron chi connectivity index (χ1n) is 10.7. The number of carboxylic acids is 1. The number of para-hydroxylation sites is 1. The van der Waals surface area contributed by atoms with Gasteiger partial charge >= 0.3 is 5.97 Å². The lowest BCUT2D eigenvalue weighted by Crippen LogP contribution is -2.41. The van der Waals surface area contributed by atoms with Crippen molar-refractivity contribution in [3.8, 4) is 0 Å². The minimum absolute atomic E-state index is 0.0967. The van der Waals surface area contributed by atoms with Crippen molar-refractivity contribution in [1.82, 2.24) is 10.3 Å². The van der Waals surface area contributed by atoms with Crippen LogP contribution < -0.4 is 21.8 Å². The van der Waals surface area contributed by atoms with Gasteiger partial charge in [-0.2, -0.15) is 0 Å². The van der Waals surface area contributed by atoms with Crippen molar-refractivity contribution in [2.24, 2.45) is 11.6 Å². The summed E-state index contributed by atoms with van der Waals surface area (Å²) in [6.07, 6.45) is 1.10. The summed E-state index contributed by atoms with van der Waals surface area (Å²) >= 11 is 0. The van der Waals surface area contributed by atoms with Crippen LogP contribution in [0.4, 0.5) is 5.69 Å². The Labute approximate surface area is 184 Å². The van der Waals surface area contributed by atoms with Gasteiger partial charge in [-0.15, -0.1) is 0 Å². The minimum Gasteiger partial charge on any atom is -0.480 e. The zero-order valence-corrected chi connectivity index (χ0v) is 18.5. The fraction of sp³-hybridized carbons (Fsp3) is 0.375. The summed E-state index contributed by atoms with van der Waals surface area (Å²) in [6, 6.07) is 15.7. The highest BCUT2D eigenvalue weighted by atomic mass is 16.4. The van der Waals surface area contributed by atoms with E-state index in [1.165, 1.54) is 0 Å². The Kier molecular flexibility index (Phi) is 7.20. The Morgan fingerprint density at radius 1 is 1.16 bits per heavy atom. The van der Waals surface area contributed by atoms with Crippen LogP contribution >= 0.6 is 0 Å². The smallest absolute Gasteiger partial charge is 0.320 e. The first-order valence-corrected chi connectivity index (χ1v) is 10.7. The van der Waals surface area contributed by atoms with Gasteiger partial charge in [-0.1, -0.05) is 56.3 Å². The average molecular weight is 424 g/mol. The molecule has 0 aromatic heterocycles. The van der Waals surface area contributed by atoms with E-state index in [4.69, 9.17) is 11.6 Å². The monoisotopic (exact) mass is 423 g/mol. The van der Waals surface area contributed by atoms with Crippen LogP contribution in [0.15, 0.2) is 48.5 Å². The molecule has 6 N–H and O–H groups in total. The van der Waals surface area contributed by atoms with Gasteiger partial charge in [0.05, 0.1) is 11.4 Å². The van der Waals surface area contributed by atoms with Crippen molar-refractivity contribution in [1.29, 1.82) is 0 Å². The van der Waals surface area contributed by atoms with Gasteiger partial charge in [0.2, 0.25) is 0 Å². The molecule has 1 aliphatic heterocycles. The lowest BCUT2D eigenvalue weighted by molar-refractivity contribution is -0.139. The third-order valence-corrected chi connectivity index (χ3v) is 5.55. The number of nitrogens with zero attached hydrogens (tertiary/aromatic N) is 2. The normalized spacial score (nSPS) is 16.9. The van der Waals surface area contributed by atoms with Crippen molar-refractivity contribution >= 4 is 23.1 Å². The molecular weight excluding hydrogens is 390 g/mol. The maximum absolute atomic E-state index is 11.5. The van der Waals surface area contributed by atoms with Gasteiger partial charge in [-0.25, -0.2) is 5.84 Å². The predicted octanol–water partition coefficient (Wildman–Crippen LogP) is 2.83. The van der Waals surface area contributed by atoms with E-state index in [2.05, 4.69) is 29.4 Å². The molecule has 1 aliphatic rings. The van der Waals surface area contributed by atoms with Crippen LogP contribution in [-0.4, -0.2) is 41.8 Å². The van der Waals surface area contributed by atoms with E-state index >= 15 is 0 Å². The highest BCUT2D eigenvalue weighted by Crippen LogP contribution is 2.35. The first-order chi connectivity index (χ1) is 14.8. The number of nitrogens with one attached hydrogen (secondary N) is 1. The Bertz CT molecular complexity index is 956. The van der Waals surface area contributed by atoms with E-state index < -0.39 is 12.0 Å². The van der Waals surface area contributed by atoms with Crippen LogP contribution in [-0.2, 0) is 11.3 Å². The van der Waals surface area contributed by atoms with Crippen LogP contribution in [0.25, 0.3) is 11.4 Å². The first kappa shape index (κ1) is 22.7. The Morgan fingerprint density at radius 2 is 1.81 bits per heavy atom. The summed E-state index contributed by atoms with van der Waals surface area (Å²) in [5.41, 5.74) is 12.2. The third kappa shape index (κ3) is 5.18. The molecule has 1 heterocycles. The molecule has 7 nitrogen and oxygen atoms in total. The topological polar surface area (TPSA) is 108 Å². The molecule has 166 valence electrons. The number of carbonyl (C=O) groups is 1. The fourth-order valence-corrected chi connectivity index (χ4v) is 4.10. The summed E-state index contributed by atoms with van der Waals surface area (Å²) in [6.45, 7) is 5.11. The van der Waals surface area contributed by atoms with E-state index in [1.807, 2.05) is 50.2 Å². The Morgan fingerprint density at radius 3 is 2.48 bits per heavy atom. The summed E-state index contributed by atoms with van der Waals surface area (Å²) in [7, 11) is 2.06. The summed E-state index contributed by atoms with van der Waals surface area (Å²) in [5.74, 6) is 5.70. The molecule has 1 atom stereocenters. The van der Waals surface area contributed by atoms with Crippen LogP contribution in [0, 0.1) is 0 Å². The van der Waals surface area contributed by atoms with Gasteiger partial charge in [-0.05, 0) is 24.5 Å². The lowest BCUT2D eigenvalue weighted by Gasteiger charge is -2.32. The molecular formula is C24H33N5O2. The maximum atomic E-state index is 11.5. The quantitative estimate of drug-likeness (QED) is 0.382. The van der Waals surface area contributed by atoms with Crippen LogP contribution in [0.3, 0.4) is 0 Å². The van der Waals surface area contributed by atoms with Crippen LogP contribution in [0.1, 0.15) is 43.4 Å². The summed E-state index contributed by atoms with van der Waals surface area (Å²) < 4.78 is 0. The number of hydrogen-bond donors (Lipinski definition) is 4. The van der Waals surface area contributed by atoms with Gasteiger partial charge in [0, 0.05) is 43.0 Å². The van der Waals surface area contributed by atoms with Gasteiger partial charge < -0.3 is 26.1 Å². The Hall–Kier alpha value is -3.03. The molecule has 0 bridgehead atoms. The van der Waals surface area contributed by atoms with Gasteiger partial charge in [-0.3, -0.25) is 4.79 Å². The minimum atomic E-state index is -0.843. The second-order valence-corrected chi connectivity index (χ2v) is 8.34. The lowest BCUT2D eigenvalue weighted by atomic mass is 9.96. The van der Waals surface area contributed by atoms with Crippen molar-refractivity contribution in [2.75, 3.05) is 18.5 Å². The van der Waals surface area contributed by atoms with Crippen molar-refractivity contribution < 1.29 is 9.90 Å². The van der Waals surface area contributed by atoms with E-state index in [1.54, 1.807) is 5.01 Å². The van der Waals surface area contributed by atoms with E-state index in [0.29, 0.717) is 25.1 Å². The van der Waals surface area contributed by atoms with Gasteiger partial charge in [0.25, 0.3) is 0 Å². The molecule has 0 fully saturated rings. The van der Waals surface area contributed by atoms with Gasteiger partial charge in [0.15, 0.2) is 0 Å². The number of hydrazine groups is 1. The number of anilines is 1. The molecule has 0 radical (unpaired) electrons. The number of nitrogens with two attached hydrogens (primary N) is 2. The number of hydrogen-bond acceptors (Lipinski definition) is 6. The zero-order chi connectivity index (χ0) is 22.5. The number of benzene rings is 2. The molecule has 0 saturated carbocycles. The molecule has 0 amide bonds. The predicted molar refractivity (Wildman–Crippen MR) is 126 cm³/mol. The number of aliphatic carboxylic acids is 1. The average Bonchev–Trinajstić information content (AvgIpc) is 2.73. The standard InChI is InChI=1S/C24H33N5O2/c1-16(2)27-20(24(30)31)12-8-14-29(26)23-18-10-5-4-9-17(18)15-28(3)21-13-7-6-11-19(21)22(23)25/h4-7,9-11,13,16,20,27H,8,12,14-15,25-26H2,1-3H3,(H,30,31)/b23-22-. The second-order valence-electron chi connectivity index (χ2n) is 8.34. The zero-order valence-electron chi connectivity index (χ0n) is 18.5. The van der Waals surface area contributed by atoms with Crippen molar-refractivity contribution in [3.63, 3.8) is 0 Å². The number of carboxylic acid groups (broad SMARTS) is 1. The second kappa shape index (κ2) is 9.85. The van der Waals surface area contributed by atoms with Gasteiger partial charge in [0.1, 0.15) is 6.04 Å². The molecule has 3 rings (SSSR count). The summed E-state index contributed by atoms with van der Waals surface area (Å²) in [5, 5.41) is 14.2. The molecule has 31 heavy (non-hydrogen) atoms. The van der Waals surface area contributed by atoms with Crippen LogP contribution in [0.2, 0.25) is 0 Å². The molecule has 1 unspecified atom stereocenters. The number of rotatable bonds is 8. The van der Waals surface area contributed by atoms with E-state index in [0.717, 1.165) is 34.6 Å². The molecule has 0 aliphatic carbocycles. The molecule has 0 saturated heterocycles. The third-order valence-electron chi connectivity index (χ3n) is 5.55. The molecule has 2 aromatic carbocycles. The Balaban J connectivity index is 1.92. The van der Waals surface area contributed by atoms with Crippen molar-refractivity contribution in [2.45, 2.75) is 45.3 Å². The fourth-order valence-electron chi connectivity index (χ4n) is 4.10. The van der Waals surface area contributed by atoms with Crippen LogP contribution in [0.5, 0.6) is 0 Å². The SMILES string of the molecule is CC(C)NC(CCCN(N)/C1=C(\N)c2ccccc2N(C)Cc2ccccc21)C(=O)O. The summed E-state index contributed by atoms with van der Waals surface area (Å²) in [4.78, 5) is 13.7. The van der Waals surface area contributed by atoms with Crippen molar-refractivity contribution in [3.05, 3.63) is 65.2 Å². The highest BCUT2D eigenvalue weighted by molar-refractivity contribution is 5.93. The number of fused-ring (bicyclic) bond motifs is 2. The maximum Gasteiger partial charge on any atom is 0.320 e. The van der Waals surface area contributed by atoms with E-state index in [-0.39, 0.29) is 6.04 Å². The largest absolute Gasteiger partial charge is 0.480 e. The molecule has 2 aromatic rings.